The lowest BCUT2D eigenvalue weighted by molar-refractivity contribution is -0.133. The molecule has 0 aromatic carbocycles. The van der Waals surface area contributed by atoms with E-state index in [0.29, 0.717) is 6.42 Å². The van der Waals surface area contributed by atoms with Crippen LogP contribution in [0, 0.1) is 0 Å². The molecule has 1 saturated heterocycles. The Morgan fingerprint density at radius 3 is 2.72 bits per heavy atom. The van der Waals surface area contributed by atoms with Crippen LogP contribution in [0.15, 0.2) is 17.5 Å². The molecule has 1 aromatic heterocycles. The minimum Gasteiger partial charge on any atom is -0.340 e. The quantitative estimate of drug-likeness (QED) is 0.889. The molecule has 2 heterocycles. The molecule has 1 atom stereocenters. The summed E-state index contributed by atoms with van der Waals surface area (Å²) in [5, 5.41) is 2.11. The fourth-order valence-corrected chi connectivity index (χ4v) is 2.93. The summed E-state index contributed by atoms with van der Waals surface area (Å²) in [6, 6.07) is 4.21. The summed E-state index contributed by atoms with van der Waals surface area (Å²) < 4.78 is 0. The van der Waals surface area contributed by atoms with Crippen LogP contribution in [0.4, 0.5) is 0 Å². The van der Waals surface area contributed by atoms with E-state index in [0.717, 1.165) is 32.7 Å². The van der Waals surface area contributed by atoms with Gasteiger partial charge in [-0.1, -0.05) is 6.07 Å². The second-order valence-electron chi connectivity index (χ2n) is 4.92. The molecule has 0 spiro atoms. The molecule has 1 amide bonds. The molecule has 1 aliphatic heterocycles. The van der Waals surface area contributed by atoms with Gasteiger partial charge in [-0.2, -0.15) is 0 Å². The predicted octanol–water partition coefficient (Wildman–Crippen LogP) is 1.13. The van der Waals surface area contributed by atoms with Crippen molar-refractivity contribution >= 4 is 17.2 Å². The topological polar surface area (TPSA) is 49.6 Å². The maximum Gasteiger partial charge on any atom is 0.224 e. The second kappa shape index (κ2) is 6.31. The van der Waals surface area contributed by atoms with Gasteiger partial charge in [0, 0.05) is 50.1 Å². The van der Waals surface area contributed by atoms with Crippen molar-refractivity contribution in [1.82, 2.24) is 9.80 Å². The third-order valence-electron chi connectivity index (χ3n) is 3.18. The van der Waals surface area contributed by atoms with Crippen molar-refractivity contribution in [2.24, 2.45) is 5.73 Å². The standard InChI is InChI=1S/C13H21N3OS/c1-11(14)9-13(17)16-6-4-15(5-7-16)10-12-3-2-8-18-12/h2-3,8,11H,4-7,9-10,14H2,1H3. The summed E-state index contributed by atoms with van der Waals surface area (Å²) in [5.74, 6) is 0.195. The number of piperazine rings is 1. The molecule has 1 unspecified atom stereocenters. The Balaban J connectivity index is 1.76. The Labute approximate surface area is 112 Å². The molecule has 0 saturated carbocycles. The first-order valence-corrected chi connectivity index (χ1v) is 7.31. The van der Waals surface area contributed by atoms with E-state index in [-0.39, 0.29) is 11.9 Å². The molecule has 18 heavy (non-hydrogen) atoms. The van der Waals surface area contributed by atoms with Gasteiger partial charge in [-0.15, -0.1) is 11.3 Å². The van der Waals surface area contributed by atoms with Crippen LogP contribution < -0.4 is 5.73 Å². The van der Waals surface area contributed by atoms with Crippen LogP contribution in [-0.2, 0) is 11.3 Å². The lowest BCUT2D eigenvalue weighted by atomic mass is 10.2. The molecule has 1 fully saturated rings. The van der Waals surface area contributed by atoms with Gasteiger partial charge in [-0.05, 0) is 18.4 Å². The Morgan fingerprint density at radius 1 is 1.44 bits per heavy atom. The van der Waals surface area contributed by atoms with Gasteiger partial charge in [0.25, 0.3) is 0 Å². The lowest BCUT2D eigenvalue weighted by Gasteiger charge is -2.34. The van der Waals surface area contributed by atoms with Crippen molar-refractivity contribution in [3.05, 3.63) is 22.4 Å². The van der Waals surface area contributed by atoms with Crippen LogP contribution in [0.5, 0.6) is 0 Å². The normalized spacial score (nSPS) is 18.9. The van der Waals surface area contributed by atoms with Crippen molar-refractivity contribution < 1.29 is 4.79 Å². The Bertz CT molecular complexity index is 370. The Kier molecular flexibility index (Phi) is 4.74. The molecular formula is C13H21N3OS. The SMILES string of the molecule is CC(N)CC(=O)N1CCN(Cc2cccs2)CC1. The average molecular weight is 267 g/mol. The number of rotatable bonds is 4. The average Bonchev–Trinajstić information content (AvgIpc) is 2.82. The van der Waals surface area contributed by atoms with Gasteiger partial charge in [-0.25, -0.2) is 0 Å². The molecule has 100 valence electrons. The second-order valence-corrected chi connectivity index (χ2v) is 5.95. The molecule has 1 aliphatic rings. The largest absolute Gasteiger partial charge is 0.340 e. The zero-order valence-electron chi connectivity index (χ0n) is 10.8. The minimum atomic E-state index is -0.0401. The van der Waals surface area contributed by atoms with Crippen molar-refractivity contribution in [2.45, 2.75) is 25.9 Å². The summed E-state index contributed by atoms with van der Waals surface area (Å²) in [6.07, 6.45) is 0.463. The van der Waals surface area contributed by atoms with Gasteiger partial charge in [0.05, 0.1) is 0 Å². The molecule has 0 aliphatic carbocycles. The highest BCUT2D eigenvalue weighted by Gasteiger charge is 2.21. The minimum absolute atomic E-state index is 0.0401. The number of amides is 1. The number of nitrogens with two attached hydrogens (primary N) is 1. The first-order valence-electron chi connectivity index (χ1n) is 6.43. The Hall–Kier alpha value is -0.910. The molecule has 5 heteroatoms. The summed E-state index contributed by atoms with van der Waals surface area (Å²) in [7, 11) is 0. The maximum atomic E-state index is 11.9. The van der Waals surface area contributed by atoms with E-state index < -0.39 is 0 Å². The van der Waals surface area contributed by atoms with Crippen LogP contribution >= 0.6 is 11.3 Å². The van der Waals surface area contributed by atoms with E-state index in [4.69, 9.17) is 5.73 Å². The zero-order valence-corrected chi connectivity index (χ0v) is 11.7. The molecule has 0 radical (unpaired) electrons. The van der Waals surface area contributed by atoms with E-state index in [1.165, 1.54) is 4.88 Å². The van der Waals surface area contributed by atoms with Crippen molar-refractivity contribution in [2.75, 3.05) is 26.2 Å². The van der Waals surface area contributed by atoms with Gasteiger partial charge in [-0.3, -0.25) is 9.69 Å². The van der Waals surface area contributed by atoms with Crippen molar-refractivity contribution in [3.8, 4) is 0 Å². The summed E-state index contributed by atoms with van der Waals surface area (Å²) in [4.78, 5) is 17.6. The van der Waals surface area contributed by atoms with Crippen LogP contribution in [0.2, 0.25) is 0 Å². The van der Waals surface area contributed by atoms with Gasteiger partial charge in [0.15, 0.2) is 0 Å². The monoisotopic (exact) mass is 267 g/mol. The van der Waals surface area contributed by atoms with Crippen molar-refractivity contribution in [1.29, 1.82) is 0 Å². The molecule has 0 bridgehead atoms. The van der Waals surface area contributed by atoms with Gasteiger partial charge in [0.1, 0.15) is 0 Å². The lowest BCUT2D eigenvalue weighted by Crippen LogP contribution is -2.49. The summed E-state index contributed by atoms with van der Waals surface area (Å²) >= 11 is 1.79. The zero-order chi connectivity index (χ0) is 13.0. The molecule has 4 nitrogen and oxygen atoms in total. The van der Waals surface area contributed by atoms with E-state index in [2.05, 4.69) is 22.4 Å². The van der Waals surface area contributed by atoms with Crippen LogP contribution in [0.25, 0.3) is 0 Å². The highest BCUT2D eigenvalue weighted by molar-refractivity contribution is 7.09. The van der Waals surface area contributed by atoms with E-state index in [1.54, 1.807) is 11.3 Å². The number of carbonyl (C=O) groups is 1. The van der Waals surface area contributed by atoms with Gasteiger partial charge in [0.2, 0.25) is 5.91 Å². The predicted molar refractivity (Wildman–Crippen MR) is 74.4 cm³/mol. The number of carbonyl (C=O) groups excluding carboxylic acids is 1. The van der Waals surface area contributed by atoms with Crippen LogP contribution in [-0.4, -0.2) is 47.9 Å². The molecule has 2 rings (SSSR count). The highest BCUT2D eigenvalue weighted by Crippen LogP contribution is 2.13. The third kappa shape index (κ3) is 3.80. The number of hydrogen-bond acceptors (Lipinski definition) is 4. The van der Waals surface area contributed by atoms with E-state index >= 15 is 0 Å². The van der Waals surface area contributed by atoms with Gasteiger partial charge >= 0.3 is 0 Å². The Morgan fingerprint density at radius 2 is 2.17 bits per heavy atom. The van der Waals surface area contributed by atoms with Crippen LogP contribution in [0.1, 0.15) is 18.2 Å². The first-order chi connectivity index (χ1) is 8.65. The van der Waals surface area contributed by atoms with E-state index in [1.807, 2.05) is 11.8 Å². The molecule has 2 N–H and O–H groups in total. The molecule has 1 aromatic rings. The van der Waals surface area contributed by atoms with Crippen molar-refractivity contribution in [3.63, 3.8) is 0 Å². The van der Waals surface area contributed by atoms with Gasteiger partial charge < -0.3 is 10.6 Å². The fourth-order valence-electron chi connectivity index (χ4n) is 2.18. The summed E-state index contributed by atoms with van der Waals surface area (Å²) in [5.41, 5.74) is 5.66. The van der Waals surface area contributed by atoms with E-state index in [9.17, 15) is 4.79 Å². The van der Waals surface area contributed by atoms with Crippen LogP contribution in [0.3, 0.4) is 0 Å². The summed E-state index contributed by atoms with van der Waals surface area (Å²) in [6.45, 7) is 6.47. The number of hydrogen-bond donors (Lipinski definition) is 1. The smallest absolute Gasteiger partial charge is 0.224 e. The maximum absolute atomic E-state index is 11.9. The number of thiophene rings is 1. The first kappa shape index (κ1) is 13.5. The highest BCUT2D eigenvalue weighted by atomic mass is 32.1. The fraction of sp³-hybridized carbons (Fsp3) is 0.615. The third-order valence-corrected chi connectivity index (χ3v) is 4.04. The molecular weight excluding hydrogens is 246 g/mol. The number of nitrogens with zero attached hydrogens (tertiary/aromatic N) is 2.